The number of hydrogen-bond donors (Lipinski definition) is 3. The van der Waals surface area contributed by atoms with E-state index in [0.29, 0.717) is 59.9 Å². The molecule has 16 nitrogen and oxygen atoms in total. The average molecular weight is 995 g/mol. The van der Waals surface area contributed by atoms with Gasteiger partial charge in [0.05, 0.1) is 43.1 Å². The van der Waals surface area contributed by atoms with E-state index in [9.17, 15) is 25.1 Å². The highest BCUT2D eigenvalue weighted by atomic mass is 16.7. The molecule has 0 saturated heterocycles. The molecule has 1 heterocycles. The number of nitrogens with one attached hydrogen (secondary N) is 1. The van der Waals surface area contributed by atoms with Crippen molar-refractivity contribution in [3.8, 4) is 23.0 Å². The monoisotopic (exact) mass is 994 g/mol. The molecule has 1 aliphatic heterocycles. The number of nitro benzene ring substituents is 1. The highest BCUT2D eigenvalue weighted by Crippen LogP contribution is 2.62. The number of fused-ring (bicyclic) bond motifs is 3. The Morgan fingerprint density at radius 1 is 0.918 bits per heavy atom. The number of ether oxygens (including phenoxy) is 5. The lowest BCUT2D eigenvalue weighted by Crippen LogP contribution is -2.70. The second-order valence-electron chi connectivity index (χ2n) is 18.3. The van der Waals surface area contributed by atoms with Crippen LogP contribution in [0.3, 0.4) is 0 Å². The molecule has 3 N–H and O–H groups in total. The van der Waals surface area contributed by atoms with Crippen LogP contribution >= 0.6 is 0 Å². The largest absolute Gasteiger partial charge is 0.497 e. The van der Waals surface area contributed by atoms with Gasteiger partial charge in [-0.2, -0.15) is 0 Å². The number of amides is 2. The standard InChI is InChI=1S/C57H62N4O12/c1-5-31-71-57-52(60(36-40-16-12-15-38-13-6-7-17-44(38)40)53(64)28-21-37-19-22-41(23-20-37)61(66)67)35-49(59-70-4)46-32-39(14-8-10-29-62)45(18-9-11-30-63)54(55(46)57)47-33-43(25-27-50(47)73-57)72-56(65)58-48-26-24-42(68-2)34-51(48)69-3/h5-7,12-13,15-17,19-28,32-34,39,45,52,54-55,62-63H,1,8-11,14,18,29-31,35-36H2,2-4H3,(H,58,65)/t39-,45+,52-,54+,55+,57+/m0/s1. The van der Waals surface area contributed by atoms with E-state index in [0.717, 1.165) is 40.3 Å². The van der Waals surface area contributed by atoms with E-state index in [1.807, 2.05) is 48.5 Å². The fourth-order valence-electron chi connectivity index (χ4n) is 10.9. The summed E-state index contributed by atoms with van der Waals surface area (Å²) >= 11 is 0. The number of benzene rings is 5. The normalized spacial score (nSPS) is 21.3. The molecule has 0 radical (unpaired) electrons. The Bertz CT molecular complexity index is 2880. The first-order chi connectivity index (χ1) is 35.6. The molecule has 2 amide bonds. The topological polar surface area (TPSA) is 201 Å². The number of allylic oxidation sites excluding steroid dienone is 1. The number of non-ortho nitro benzene ring substituents is 1. The molecular weight excluding hydrogens is 933 g/mol. The Kier molecular flexibility index (Phi) is 16.9. The third-order valence-electron chi connectivity index (χ3n) is 14.1. The second-order valence-corrected chi connectivity index (χ2v) is 18.3. The summed E-state index contributed by atoms with van der Waals surface area (Å²) in [5.41, 5.74) is 3.94. The van der Waals surface area contributed by atoms with Crippen molar-refractivity contribution in [2.45, 2.75) is 69.2 Å². The van der Waals surface area contributed by atoms with Gasteiger partial charge in [-0.25, -0.2) is 4.79 Å². The molecule has 73 heavy (non-hydrogen) atoms. The van der Waals surface area contributed by atoms with Gasteiger partial charge in [0.2, 0.25) is 11.7 Å². The quantitative estimate of drug-likeness (QED) is 0.0195. The maximum Gasteiger partial charge on any atom is 0.417 e. The van der Waals surface area contributed by atoms with Crippen molar-refractivity contribution in [1.29, 1.82) is 0 Å². The van der Waals surface area contributed by atoms with Gasteiger partial charge in [0.15, 0.2) is 0 Å². The highest BCUT2D eigenvalue weighted by Gasteiger charge is 2.65. The predicted octanol–water partition coefficient (Wildman–Crippen LogP) is 10.4. The molecule has 382 valence electrons. The molecule has 8 rings (SSSR count). The van der Waals surface area contributed by atoms with E-state index in [-0.39, 0.29) is 62.0 Å². The van der Waals surface area contributed by atoms with E-state index in [1.54, 1.807) is 59.5 Å². The van der Waals surface area contributed by atoms with Crippen molar-refractivity contribution < 1.29 is 53.2 Å². The van der Waals surface area contributed by atoms with Gasteiger partial charge in [-0.15, -0.1) is 6.58 Å². The lowest BCUT2D eigenvalue weighted by molar-refractivity contribution is -0.384. The summed E-state index contributed by atoms with van der Waals surface area (Å²) in [5, 5.41) is 41.0. The van der Waals surface area contributed by atoms with Crippen LogP contribution in [-0.2, 0) is 20.9 Å². The van der Waals surface area contributed by atoms with Crippen molar-refractivity contribution in [3.05, 3.63) is 160 Å². The van der Waals surface area contributed by atoms with Crippen LogP contribution in [0.2, 0.25) is 0 Å². The molecule has 3 aliphatic rings. The molecular formula is C57H62N4O12. The second kappa shape index (κ2) is 23.8. The van der Waals surface area contributed by atoms with Crippen molar-refractivity contribution in [3.63, 3.8) is 0 Å². The Morgan fingerprint density at radius 3 is 2.40 bits per heavy atom. The number of oxime groups is 1. The van der Waals surface area contributed by atoms with E-state index < -0.39 is 34.7 Å². The van der Waals surface area contributed by atoms with Crippen LogP contribution in [0.15, 0.2) is 139 Å². The van der Waals surface area contributed by atoms with E-state index in [2.05, 4.69) is 18.0 Å². The molecule has 5 aromatic rings. The minimum Gasteiger partial charge on any atom is -0.497 e. The van der Waals surface area contributed by atoms with Gasteiger partial charge in [0, 0.05) is 61.9 Å². The smallest absolute Gasteiger partial charge is 0.417 e. The summed E-state index contributed by atoms with van der Waals surface area (Å²) in [7, 11) is 4.52. The molecule has 2 aliphatic carbocycles. The fourth-order valence-corrected chi connectivity index (χ4v) is 10.9. The van der Waals surface area contributed by atoms with E-state index >= 15 is 4.79 Å². The number of rotatable bonds is 22. The van der Waals surface area contributed by atoms with Crippen LogP contribution in [0, 0.1) is 27.9 Å². The molecule has 1 fully saturated rings. The summed E-state index contributed by atoms with van der Waals surface area (Å²) in [4.78, 5) is 47.5. The van der Waals surface area contributed by atoms with Crippen LogP contribution < -0.4 is 24.3 Å². The number of carbonyl (C=O) groups excluding carboxylic acids is 2. The van der Waals surface area contributed by atoms with Crippen LogP contribution in [0.1, 0.15) is 67.6 Å². The van der Waals surface area contributed by atoms with Gasteiger partial charge in [-0.05, 0) is 114 Å². The maximum absolute atomic E-state index is 15.4. The first-order valence-corrected chi connectivity index (χ1v) is 24.6. The Morgan fingerprint density at radius 2 is 1.67 bits per heavy atom. The number of hydrogen-bond acceptors (Lipinski definition) is 13. The van der Waals surface area contributed by atoms with Gasteiger partial charge in [-0.3, -0.25) is 20.2 Å². The number of methoxy groups -OCH3 is 2. The minimum absolute atomic E-state index is 0.0145. The average Bonchev–Trinajstić information content (AvgIpc) is 3.41. The van der Waals surface area contributed by atoms with E-state index in [1.165, 1.54) is 39.5 Å². The van der Waals surface area contributed by atoms with Crippen LogP contribution in [0.25, 0.3) is 16.8 Å². The van der Waals surface area contributed by atoms with Gasteiger partial charge < -0.3 is 43.6 Å². The van der Waals surface area contributed by atoms with Gasteiger partial charge in [0.25, 0.3) is 5.69 Å². The SMILES string of the molecule is C=CCO[C@@]12Oc3ccc(OC(=O)Nc4ccc(OC)cc4OC)cc3[C@H]3[C@H](CCCCO)[C@@H](CCCCO)C=C(C(=NOC)C[C@@H]1N(Cc1cccc4ccccc14)C(=O)C=Cc1ccc([N+](=O)[O-])cc1)[C@H]32. The molecule has 1 saturated carbocycles. The van der Waals surface area contributed by atoms with Gasteiger partial charge in [0.1, 0.15) is 36.1 Å². The fraction of sp³-hybridized carbons (Fsp3) is 0.351. The number of carbonyl (C=O) groups is 2. The lowest BCUT2D eigenvalue weighted by atomic mass is 9.55. The van der Waals surface area contributed by atoms with E-state index in [4.69, 9.17) is 33.7 Å². The Labute approximate surface area is 424 Å². The summed E-state index contributed by atoms with van der Waals surface area (Å²) in [5.74, 6) is -1.54. The summed E-state index contributed by atoms with van der Waals surface area (Å²) < 4.78 is 31.5. The number of unbranched alkanes of at least 4 members (excludes halogenated alkanes) is 2. The third-order valence-corrected chi connectivity index (χ3v) is 14.1. The van der Waals surface area contributed by atoms with Crippen molar-refractivity contribution in [1.82, 2.24) is 4.90 Å². The zero-order valence-corrected chi connectivity index (χ0v) is 41.3. The molecule has 0 aromatic heterocycles. The Hall–Kier alpha value is -7.53. The summed E-state index contributed by atoms with van der Waals surface area (Å²) in [6.07, 6.45) is 10.4. The summed E-state index contributed by atoms with van der Waals surface area (Å²) in [6.45, 7) is 4.27. The molecule has 0 unspecified atom stereocenters. The van der Waals surface area contributed by atoms with Crippen LogP contribution in [0.4, 0.5) is 16.2 Å². The molecule has 0 bridgehead atoms. The molecule has 5 aromatic carbocycles. The third kappa shape index (κ3) is 11.3. The van der Waals surface area contributed by atoms with Crippen LogP contribution in [0.5, 0.6) is 23.0 Å². The summed E-state index contributed by atoms with van der Waals surface area (Å²) in [6, 6.07) is 29.3. The predicted molar refractivity (Wildman–Crippen MR) is 278 cm³/mol. The van der Waals surface area contributed by atoms with Crippen molar-refractivity contribution >= 4 is 45.9 Å². The minimum atomic E-state index is -1.60. The van der Waals surface area contributed by atoms with Crippen molar-refractivity contribution in [2.75, 3.05) is 46.5 Å². The van der Waals surface area contributed by atoms with Gasteiger partial charge in [-0.1, -0.05) is 72.6 Å². The number of anilines is 1. The van der Waals surface area contributed by atoms with Crippen LogP contribution in [-0.4, -0.2) is 90.7 Å². The lowest BCUT2D eigenvalue weighted by Gasteiger charge is -2.60. The zero-order valence-electron chi connectivity index (χ0n) is 41.3. The Balaban J connectivity index is 1.30. The molecule has 6 atom stereocenters. The number of nitrogens with zero attached hydrogens (tertiary/aromatic N) is 3. The maximum atomic E-state index is 15.4. The first kappa shape index (κ1) is 51.8. The van der Waals surface area contributed by atoms with Crippen molar-refractivity contribution in [2.24, 2.45) is 22.9 Å². The number of nitro groups is 1. The van der Waals surface area contributed by atoms with Gasteiger partial charge >= 0.3 is 6.09 Å². The number of aliphatic hydroxyl groups excluding tert-OH is 2. The highest BCUT2D eigenvalue weighted by molar-refractivity contribution is 6.03. The molecule has 0 spiro atoms. The zero-order chi connectivity index (χ0) is 51.5. The number of aliphatic hydroxyl groups is 2. The molecule has 16 heteroatoms. The first-order valence-electron chi connectivity index (χ1n) is 24.6.